The van der Waals surface area contributed by atoms with Crippen molar-refractivity contribution in [2.75, 3.05) is 6.67 Å². The average molecular weight is 724 g/mol. The van der Waals surface area contributed by atoms with Crippen LogP contribution in [0.25, 0.3) is 43.6 Å². The first kappa shape index (κ1) is 32.1. The van der Waals surface area contributed by atoms with Gasteiger partial charge in [-0.05, 0) is 23.3 Å². The molecule has 7 aromatic rings. The predicted molar refractivity (Wildman–Crippen MR) is 183 cm³/mol. The van der Waals surface area contributed by atoms with Crippen molar-refractivity contribution in [3.63, 3.8) is 0 Å². The number of carbonyl (C=O) groups is 2. The fraction of sp³-hybridized carbons (Fsp3) is 0.200. The third-order valence-electron chi connectivity index (χ3n) is 10.7. The van der Waals surface area contributed by atoms with Crippen molar-refractivity contribution < 1.29 is 45.8 Å². The van der Waals surface area contributed by atoms with Crippen molar-refractivity contribution in [2.45, 2.75) is 43.8 Å². The molecule has 0 spiro atoms. The number of aromatic nitrogens is 2. The van der Waals surface area contributed by atoms with E-state index in [0.717, 1.165) is 35.4 Å². The van der Waals surface area contributed by atoms with Crippen LogP contribution < -0.4 is 5.32 Å². The first-order valence-corrected chi connectivity index (χ1v) is 16.9. The van der Waals surface area contributed by atoms with Crippen molar-refractivity contribution in [3.05, 3.63) is 130 Å². The summed E-state index contributed by atoms with van der Waals surface area (Å²) in [7, 11) is 0. The number of imide groups is 1. The number of nitrogens with one attached hydrogen (secondary N) is 1. The minimum absolute atomic E-state index is 0.0277. The Balaban J connectivity index is 1.37. The van der Waals surface area contributed by atoms with Crippen LogP contribution in [0, 0.1) is 23.3 Å². The van der Waals surface area contributed by atoms with Gasteiger partial charge in [0.05, 0.1) is 52.4 Å². The maximum absolute atomic E-state index is 15.6. The Morgan fingerprint density at radius 2 is 1.11 bits per heavy atom. The van der Waals surface area contributed by atoms with Crippen molar-refractivity contribution in [2.24, 2.45) is 0 Å². The molecule has 0 radical (unpaired) electrons. The van der Waals surface area contributed by atoms with Gasteiger partial charge in [0.2, 0.25) is 0 Å². The van der Waals surface area contributed by atoms with Gasteiger partial charge in [0.25, 0.3) is 11.8 Å². The van der Waals surface area contributed by atoms with Gasteiger partial charge in [-0.3, -0.25) is 14.9 Å². The Morgan fingerprint density at radius 3 is 1.64 bits per heavy atom. The van der Waals surface area contributed by atoms with Crippen molar-refractivity contribution >= 4 is 55.4 Å². The first-order valence-electron chi connectivity index (χ1n) is 16.9. The number of hydrogen-bond acceptors (Lipinski definition) is 5. The third-order valence-corrected chi connectivity index (χ3v) is 10.7. The van der Waals surface area contributed by atoms with E-state index in [0.29, 0.717) is 0 Å². The maximum Gasteiger partial charge on any atom is 0.259 e. The van der Waals surface area contributed by atoms with E-state index in [-0.39, 0.29) is 68.0 Å². The third kappa shape index (κ3) is 4.50. The summed E-state index contributed by atoms with van der Waals surface area (Å²) in [6.07, 6.45) is -4.74. The van der Waals surface area contributed by atoms with Gasteiger partial charge in [0, 0.05) is 33.7 Å². The normalized spacial score (nSPS) is 22.0. The van der Waals surface area contributed by atoms with Crippen LogP contribution in [0.5, 0.6) is 0 Å². The molecule has 1 N–H and O–H groups in total. The molecule has 13 heteroatoms. The Hall–Kier alpha value is -5.63. The van der Waals surface area contributed by atoms with E-state index in [1.54, 1.807) is 4.57 Å². The molecule has 5 atom stereocenters. The largest absolute Gasteiger partial charge is 0.368 e. The summed E-state index contributed by atoms with van der Waals surface area (Å²) in [5, 5.41) is 2.59. The Kier molecular flexibility index (Phi) is 7.07. The van der Waals surface area contributed by atoms with Crippen LogP contribution in [0.15, 0.2) is 84.9 Å². The molecule has 1 saturated heterocycles. The summed E-state index contributed by atoms with van der Waals surface area (Å²) in [5.74, 6) is -6.51. The lowest BCUT2D eigenvalue weighted by molar-refractivity contribution is -0.252. The molecule has 5 aromatic carbocycles. The van der Waals surface area contributed by atoms with Gasteiger partial charge in [-0.15, -0.1) is 0 Å². The Bertz CT molecular complexity index is 2700. The topological polar surface area (TPSA) is 83.7 Å². The highest BCUT2D eigenvalue weighted by Gasteiger charge is 2.53. The molecule has 1 fully saturated rings. The molecule has 2 aromatic heterocycles. The molecule has 0 saturated carbocycles. The van der Waals surface area contributed by atoms with Crippen LogP contribution in [0.1, 0.15) is 44.1 Å². The highest BCUT2D eigenvalue weighted by molar-refractivity contribution is 6.39. The lowest BCUT2D eigenvalue weighted by Crippen LogP contribution is -2.56. The number of fused-ring (bicyclic) bond motifs is 14. The molecule has 2 bridgehead atoms. The van der Waals surface area contributed by atoms with Crippen LogP contribution in [-0.4, -0.2) is 45.9 Å². The molecule has 3 aliphatic rings. The van der Waals surface area contributed by atoms with Gasteiger partial charge >= 0.3 is 0 Å². The number of hydrogen-bond donors (Lipinski definition) is 1. The summed E-state index contributed by atoms with van der Waals surface area (Å²) in [6.45, 7) is -1.02. The Morgan fingerprint density at radius 1 is 0.642 bits per heavy atom. The number of alkyl halides is 1. The van der Waals surface area contributed by atoms with Crippen LogP contribution in [0.2, 0.25) is 0 Å². The monoisotopic (exact) mass is 723 g/mol. The predicted octanol–water partition coefficient (Wildman–Crippen LogP) is 7.93. The minimum atomic E-state index is -1.31. The maximum atomic E-state index is 15.6. The molecule has 3 unspecified atom stereocenters. The van der Waals surface area contributed by atoms with Gasteiger partial charge in [0.1, 0.15) is 25.0 Å². The molecule has 2 amide bonds. The van der Waals surface area contributed by atoms with Crippen LogP contribution in [0.3, 0.4) is 0 Å². The molecule has 3 aliphatic heterocycles. The summed E-state index contributed by atoms with van der Waals surface area (Å²) in [5.41, 5.74) is 1.74. The average Bonchev–Trinajstić information content (AvgIpc) is 3.75. The van der Waals surface area contributed by atoms with Crippen molar-refractivity contribution in [1.29, 1.82) is 0 Å². The summed E-state index contributed by atoms with van der Waals surface area (Å²) in [4.78, 5) is 27.3. The molecule has 53 heavy (non-hydrogen) atoms. The zero-order valence-corrected chi connectivity index (χ0v) is 27.4. The van der Waals surface area contributed by atoms with Gasteiger partial charge < -0.3 is 23.3 Å². The van der Waals surface area contributed by atoms with Crippen molar-refractivity contribution in [3.8, 4) is 0 Å². The van der Waals surface area contributed by atoms with E-state index >= 15 is 22.0 Å². The van der Waals surface area contributed by atoms with Crippen LogP contribution >= 0.6 is 0 Å². The molecule has 8 nitrogen and oxygen atoms in total. The lowest BCUT2D eigenvalue weighted by Gasteiger charge is -2.48. The number of benzene rings is 5. The minimum Gasteiger partial charge on any atom is -0.368 e. The fourth-order valence-corrected chi connectivity index (χ4v) is 8.54. The van der Waals surface area contributed by atoms with E-state index in [9.17, 15) is 9.59 Å². The quantitative estimate of drug-likeness (QED) is 0.134. The van der Waals surface area contributed by atoms with Gasteiger partial charge in [-0.25, -0.2) is 22.0 Å². The zero-order chi connectivity index (χ0) is 36.3. The summed E-state index contributed by atoms with van der Waals surface area (Å²) < 4.78 is 99.7. The SMILES string of the molecule is O=C1NC(=O)c2c1c1c3cc(F)c(F)cc3n3c1c1c2c2cc(F)c(F)cc2n1[C@@H]1OC(CF)[C@H]3C(OCc2ccccc2)C1OCc1ccccc1. The summed E-state index contributed by atoms with van der Waals surface area (Å²) in [6, 6.07) is 21.0. The molecule has 5 heterocycles. The second kappa shape index (κ2) is 11.7. The highest BCUT2D eigenvalue weighted by atomic mass is 19.2. The molecule has 0 aliphatic carbocycles. The van der Waals surface area contributed by atoms with E-state index in [4.69, 9.17) is 14.2 Å². The molecular formula is C40H26F5N3O5. The number of rotatable bonds is 7. The molecule has 10 rings (SSSR count). The molecular weight excluding hydrogens is 697 g/mol. The van der Waals surface area contributed by atoms with Crippen molar-refractivity contribution in [1.82, 2.24) is 14.5 Å². The number of amides is 2. The fourth-order valence-electron chi connectivity index (χ4n) is 8.54. The number of halogens is 5. The summed E-state index contributed by atoms with van der Waals surface area (Å²) >= 11 is 0. The number of carbonyl (C=O) groups excluding carboxylic acids is 2. The Labute approximate surface area is 296 Å². The molecule has 266 valence electrons. The first-order chi connectivity index (χ1) is 25.7. The van der Waals surface area contributed by atoms with E-state index in [1.165, 1.54) is 4.57 Å². The van der Waals surface area contributed by atoms with E-state index in [2.05, 4.69) is 5.32 Å². The second-order valence-corrected chi connectivity index (χ2v) is 13.5. The van der Waals surface area contributed by atoms with Gasteiger partial charge in [0.15, 0.2) is 29.5 Å². The van der Waals surface area contributed by atoms with Crippen LogP contribution in [0.4, 0.5) is 22.0 Å². The van der Waals surface area contributed by atoms with Crippen LogP contribution in [-0.2, 0) is 27.4 Å². The highest BCUT2D eigenvalue weighted by Crippen LogP contribution is 2.53. The zero-order valence-electron chi connectivity index (χ0n) is 27.4. The second-order valence-electron chi connectivity index (χ2n) is 13.5. The number of ether oxygens (including phenoxy) is 3. The van der Waals surface area contributed by atoms with Gasteiger partial charge in [-0.2, -0.15) is 0 Å². The van der Waals surface area contributed by atoms with E-state index in [1.807, 2.05) is 60.7 Å². The lowest BCUT2D eigenvalue weighted by atomic mass is 9.92. The smallest absolute Gasteiger partial charge is 0.259 e. The van der Waals surface area contributed by atoms with E-state index < -0.39 is 72.3 Å². The number of nitrogens with zero attached hydrogens (tertiary/aromatic N) is 2. The van der Waals surface area contributed by atoms with Gasteiger partial charge in [-0.1, -0.05) is 60.7 Å². The standard InChI is InChI=1S/C40H26F5N3O5/c41-15-28-33-36(51-16-18-7-3-1-4-8-18)37(52-17-19-9-5-2-6-10-19)40(53-28)48-27-14-25(45)23(43)12-21(27)30-32-31(38(49)46-39(32)50)29-20-11-22(42)24(44)13-26(20)47(33)34(29)35(30)48/h1-14,28,33,36-37,40H,15-17H2,(H,46,49,50)/t28?,33-,36?,37?,40+/m0/s1.